The van der Waals surface area contributed by atoms with Gasteiger partial charge in [0.2, 0.25) is 5.91 Å². The van der Waals surface area contributed by atoms with Gasteiger partial charge in [-0.1, -0.05) is 19.4 Å². The zero-order valence-corrected chi connectivity index (χ0v) is 19.9. The number of aliphatic hydroxyl groups is 1. The van der Waals surface area contributed by atoms with Crippen LogP contribution in [0.1, 0.15) is 36.2 Å². The molecule has 0 bridgehead atoms. The van der Waals surface area contributed by atoms with Gasteiger partial charge in [-0.05, 0) is 54.1 Å². The lowest BCUT2D eigenvalue weighted by Crippen LogP contribution is -2.47. The number of thiophene rings is 1. The highest BCUT2D eigenvalue weighted by Crippen LogP contribution is 2.34. The molecular weight excluding hydrogens is 424 g/mol. The first-order chi connectivity index (χ1) is 15.5. The van der Waals surface area contributed by atoms with E-state index in [4.69, 9.17) is 9.47 Å². The number of methoxy groups -OCH3 is 1. The lowest BCUT2D eigenvalue weighted by molar-refractivity contribution is -0.136. The first-order valence-corrected chi connectivity index (χ1v) is 12.1. The molecule has 2 atom stereocenters. The Morgan fingerprint density at radius 1 is 1.34 bits per heavy atom. The van der Waals surface area contributed by atoms with E-state index < -0.39 is 6.10 Å². The Balaban J connectivity index is 1.70. The van der Waals surface area contributed by atoms with Crippen molar-refractivity contribution >= 4 is 17.2 Å². The Kier molecular flexibility index (Phi) is 9.14. The third-order valence-corrected chi connectivity index (χ3v) is 6.72. The maximum Gasteiger partial charge on any atom is 0.237 e. The minimum atomic E-state index is -0.438. The van der Waals surface area contributed by atoms with Gasteiger partial charge in [-0.25, -0.2) is 0 Å². The van der Waals surface area contributed by atoms with Crippen molar-refractivity contribution in [2.45, 2.75) is 38.3 Å². The molecule has 7 heteroatoms. The van der Waals surface area contributed by atoms with E-state index in [2.05, 4.69) is 18.0 Å². The molecule has 3 rings (SSSR count). The molecular formula is C25H34N2O4S. The lowest BCUT2D eigenvalue weighted by atomic mass is 10.0. The first kappa shape index (κ1) is 24.3. The number of carbonyl (C=O) groups is 1. The van der Waals surface area contributed by atoms with E-state index in [1.807, 2.05) is 41.0 Å². The molecule has 174 valence electrons. The van der Waals surface area contributed by atoms with Gasteiger partial charge in [-0.15, -0.1) is 17.9 Å². The SMILES string of the molecule is C=CCN(CC(=O)N1CCc2sccc2C1COc1ccc(OC)cc1)CC(O)CCC. The Hall–Kier alpha value is -2.35. The van der Waals surface area contributed by atoms with Crippen molar-refractivity contribution in [3.63, 3.8) is 0 Å². The molecule has 0 spiro atoms. The van der Waals surface area contributed by atoms with Crippen molar-refractivity contribution in [1.82, 2.24) is 9.80 Å². The van der Waals surface area contributed by atoms with Crippen LogP contribution >= 0.6 is 11.3 Å². The predicted molar refractivity (Wildman–Crippen MR) is 129 cm³/mol. The molecule has 2 aromatic rings. The summed E-state index contributed by atoms with van der Waals surface area (Å²) in [5.74, 6) is 1.58. The van der Waals surface area contributed by atoms with Crippen LogP contribution in [0, 0.1) is 0 Å². The third kappa shape index (κ3) is 6.34. The van der Waals surface area contributed by atoms with Crippen LogP contribution in [0.4, 0.5) is 0 Å². The molecule has 2 unspecified atom stereocenters. The van der Waals surface area contributed by atoms with Crippen molar-refractivity contribution in [1.29, 1.82) is 0 Å². The highest BCUT2D eigenvalue weighted by atomic mass is 32.1. The van der Waals surface area contributed by atoms with Gasteiger partial charge in [-0.3, -0.25) is 9.69 Å². The van der Waals surface area contributed by atoms with Crippen molar-refractivity contribution in [3.8, 4) is 11.5 Å². The summed E-state index contributed by atoms with van der Waals surface area (Å²) in [7, 11) is 1.64. The van der Waals surface area contributed by atoms with Crippen LogP contribution in [0.15, 0.2) is 48.4 Å². The van der Waals surface area contributed by atoms with Crippen LogP contribution in [0.2, 0.25) is 0 Å². The molecule has 1 amide bonds. The number of nitrogens with zero attached hydrogens (tertiary/aromatic N) is 2. The van der Waals surface area contributed by atoms with Gasteiger partial charge in [0.25, 0.3) is 0 Å². The molecule has 1 N–H and O–H groups in total. The molecule has 1 aromatic carbocycles. The van der Waals surface area contributed by atoms with E-state index in [9.17, 15) is 9.90 Å². The highest BCUT2D eigenvalue weighted by molar-refractivity contribution is 7.10. The van der Waals surface area contributed by atoms with Crippen LogP contribution in [0.3, 0.4) is 0 Å². The van der Waals surface area contributed by atoms with E-state index in [1.165, 1.54) is 10.4 Å². The Labute approximate surface area is 195 Å². The molecule has 0 aliphatic carbocycles. The summed E-state index contributed by atoms with van der Waals surface area (Å²) in [5.41, 5.74) is 1.17. The molecule has 32 heavy (non-hydrogen) atoms. The molecule has 1 aliphatic heterocycles. The second-order valence-electron chi connectivity index (χ2n) is 8.06. The van der Waals surface area contributed by atoms with Gasteiger partial charge < -0.3 is 19.5 Å². The Morgan fingerprint density at radius 3 is 2.78 bits per heavy atom. The summed E-state index contributed by atoms with van der Waals surface area (Å²) in [6, 6.07) is 9.46. The number of benzene rings is 1. The maximum absolute atomic E-state index is 13.4. The number of amides is 1. The van der Waals surface area contributed by atoms with Crippen LogP contribution in [-0.2, 0) is 11.2 Å². The fraction of sp³-hybridized carbons (Fsp3) is 0.480. The van der Waals surface area contributed by atoms with Crippen LogP contribution in [0.25, 0.3) is 0 Å². The van der Waals surface area contributed by atoms with Crippen LogP contribution < -0.4 is 9.47 Å². The predicted octanol–water partition coefficient (Wildman–Crippen LogP) is 3.91. The topological polar surface area (TPSA) is 62.2 Å². The first-order valence-electron chi connectivity index (χ1n) is 11.2. The van der Waals surface area contributed by atoms with E-state index in [1.54, 1.807) is 24.5 Å². The van der Waals surface area contributed by atoms with Gasteiger partial charge in [-0.2, -0.15) is 0 Å². The molecule has 1 aromatic heterocycles. The quantitative estimate of drug-likeness (QED) is 0.489. The summed E-state index contributed by atoms with van der Waals surface area (Å²) in [5, 5.41) is 12.3. The summed E-state index contributed by atoms with van der Waals surface area (Å²) in [6.45, 7) is 8.21. The fourth-order valence-corrected chi connectivity index (χ4v) is 5.04. The van der Waals surface area contributed by atoms with Gasteiger partial charge in [0.15, 0.2) is 0 Å². The van der Waals surface area contributed by atoms with E-state index in [-0.39, 0.29) is 18.5 Å². The van der Waals surface area contributed by atoms with E-state index in [0.29, 0.717) is 26.2 Å². The summed E-state index contributed by atoms with van der Waals surface area (Å²) in [4.78, 5) is 18.6. The average molecular weight is 459 g/mol. The molecule has 0 saturated carbocycles. The molecule has 6 nitrogen and oxygen atoms in total. The molecule has 1 aliphatic rings. The van der Waals surface area contributed by atoms with Gasteiger partial charge in [0.05, 0.1) is 25.8 Å². The molecule has 0 radical (unpaired) electrons. The average Bonchev–Trinajstić information content (AvgIpc) is 3.27. The van der Waals surface area contributed by atoms with Gasteiger partial charge >= 0.3 is 0 Å². The maximum atomic E-state index is 13.4. The van der Waals surface area contributed by atoms with Crippen molar-refractivity contribution in [2.75, 3.05) is 39.9 Å². The van der Waals surface area contributed by atoms with Gasteiger partial charge in [0, 0.05) is 24.5 Å². The number of rotatable bonds is 12. The smallest absolute Gasteiger partial charge is 0.237 e. The minimum Gasteiger partial charge on any atom is -0.497 e. The lowest BCUT2D eigenvalue weighted by Gasteiger charge is -2.37. The minimum absolute atomic E-state index is 0.0516. The number of hydrogen-bond acceptors (Lipinski definition) is 6. The highest BCUT2D eigenvalue weighted by Gasteiger charge is 2.33. The fourth-order valence-electron chi connectivity index (χ4n) is 4.11. The zero-order chi connectivity index (χ0) is 22.9. The second-order valence-corrected chi connectivity index (χ2v) is 9.06. The van der Waals surface area contributed by atoms with Crippen molar-refractivity contribution in [2.24, 2.45) is 0 Å². The molecule has 2 heterocycles. The van der Waals surface area contributed by atoms with Crippen LogP contribution in [-0.4, -0.2) is 66.8 Å². The summed E-state index contributed by atoms with van der Waals surface area (Å²) in [6.07, 6.45) is 3.84. The number of carbonyl (C=O) groups excluding carboxylic acids is 1. The van der Waals surface area contributed by atoms with Crippen molar-refractivity contribution in [3.05, 3.63) is 58.8 Å². The van der Waals surface area contributed by atoms with E-state index >= 15 is 0 Å². The standard InChI is InChI=1S/C25H34N2O4S/c1-4-6-19(28)16-26(13-5-2)17-25(29)27-14-11-24-22(12-15-32-24)23(27)18-31-21-9-7-20(30-3)8-10-21/h5,7-10,12,15,19,23,28H,2,4,6,11,13-14,16-18H2,1,3H3. The summed E-state index contributed by atoms with van der Waals surface area (Å²) >= 11 is 1.74. The Bertz CT molecular complexity index is 867. The second kappa shape index (κ2) is 12.0. The molecule has 0 saturated heterocycles. The number of hydrogen-bond donors (Lipinski definition) is 1. The van der Waals surface area contributed by atoms with Gasteiger partial charge in [0.1, 0.15) is 18.1 Å². The number of aliphatic hydroxyl groups excluding tert-OH is 1. The van der Waals surface area contributed by atoms with Crippen LogP contribution in [0.5, 0.6) is 11.5 Å². The Morgan fingerprint density at radius 2 is 2.09 bits per heavy atom. The zero-order valence-electron chi connectivity index (χ0n) is 19.0. The van der Waals surface area contributed by atoms with Crippen molar-refractivity contribution < 1.29 is 19.4 Å². The van der Waals surface area contributed by atoms with E-state index in [0.717, 1.165) is 30.8 Å². The number of ether oxygens (including phenoxy) is 2. The molecule has 0 fully saturated rings. The number of fused-ring (bicyclic) bond motifs is 1. The monoisotopic (exact) mass is 458 g/mol. The largest absolute Gasteiger partial charge is 0.497 e. The normalized spacial score (nSPS) is 16.5. The summed E-state index contributed by atoms with van der Waals surface area (Å²) < 4.78 is 11.3. The third-order valence-electron chi connectivity index (χ3n) is 5.72.